The van der Waals surface area contributed by atoms with Crippen LogP contribution in [0.4, 0.5) is 13.2 Å². The Hall–Kier alpha value is -2.91. The lowest BCUT2D eigenvalue weighted by Crippen LogP contribution is -2.30. The van der Waals surface area contributed by atoms with Crippen molar-refractivity contribution in [2.24, 2.45) is 0 Å². The molecule has 0 unspecified atom stereocenters. The first-order chi connectivity index (χ1) is 15.2. The van der Waals surface area contributed by atoms with Gasteiger partial charge in [-0.15, -0.1) is 0 Å². The molecule has 0 bridgehead atoms. The summed E-state index contributed by atoms with van der Waals surface area (Å²) < 4.78 is 43.5. The van der Waals surface area contributed by atoms with Gasteiger partial charge in [0.25, 0.3) is 0 Å². The minimum absolute atomic E-state index is 0.00987. The first-order valence-corrected chi connectivity index (χ1v) is 10.9. The highest BCUT2D eigenvalue weighted by atomic mass is 19.4. The second kappa shape index (κ2) is 8.55. The van der Waals surface area contributed by atoms with Gasteiger partial charge in [-0.1, -0.05) is 6.92 Å². The maximum absolute atomic E-state index is 13.6. The number of nitrogens with zero attached hydrogens (tertiary/aromatic N) is 6. The molecule has 10 heteroatoms. The van der Waals surface area contributed by atoms with Crippen LogP contribution in [0.2, 0.25) is 0 Å². The van der Waals surface area contributed by atoms with Crippen LogP contribution in [0.5, 0.6) is 0 Å². The molecule has 1 fully saturated rings. The molecular formula is C22H27F3N6O. The molecule has 0 aromatic carbocycles. The van der Waals surface area contributed by atoms with E-state index in [2.05, 4.69) is 15.2 Å². The molecule has 4 rings (SSSR count). The van der Waals surface area contributed by atoms with E-state index in [9.17, 15) is 18.0 Å². The molecule has 4 heterocycles. The minimum atomic E-state index is -4.54. The maximum atomic E-state index is 13.6. The molecular weight excluding hydrogens is 421 g/mol. The summed E-state index contributed by atoms with van der Waals surface area (Å²) in [5, 5.41) is 8.65. The van der Waals surface area contributed by atoms with E-state index in [0.29, 0.717) is 50.2 Å². The Labute approximate surface area is 184 Å². The number of rotatable bonds is 6. The van der Waals surface area contributed by atoms with E-state index >= 15 is 0 Å². The summed E-state index contributed by atoms with van der Waals surface area (Å²) in [6, 6.07) is 4.29. The van der Waals surface area contributed by atoms with E-state index in [1.54, 1.807) is 17.9 Å². The summed E-state index contributed by atoms with van der Waals surface area (Å²) in [5.41, 5.74) is 2.14. The molecule has 1 saturated heterocycles. The van der Waals surface area contributed by atoms with Gasteiger partial charge in [0.2, 0.25) is 5.91 Å². The molecule has 0 aliphatic carbocycles. The number of hydrogen-bond acceptors (Lipinski definition) is 4. The second-order valence-corrected chi connectivity index (χ2v) is 8.32. The zero-order chi connectivity index (χ0) is 23.0. The van der Waals surface area contributed by atoms with Gasteiger partial charge < -0.3 is 4.90 Å². The van der Waals surface area contributed by atoms with Crippen molar-refractivity contribution in [1.29, 1.82) is 0 Å². The average molecular weight is 448 g/mol. The number of likely N-dealkylation sites (tertiary alicyclic amines) is 1. The molecule has 7 nitrogen and oxygen atoms in total. The van der Waals surface area contributed by atoms with Crippen molar-refractivity contribution in [2.45, 2.75) is 71.6 Å². The van der Waals surface area contributed by atoms with Crippen molar-refractivity contribution in [3.05, 3.63) is 46.7 Å². The van der Waals surface area contributed by atoms with Crippen molar-refractivity contribution < 1.29 is 18.0 Å². The molecule has 1 aliphatic rings. The Morgan fingerprint density at radius 2 is 1.97 bits per heavy atom. The predicted molar refractivity (Wildman–Crippen MR) is 112 cm³/mol. The summed E-state index contributed by atoms with van der Waals surface area (Å²) in [6.45, 7) is 6.91. The Morgan fingerprint density at radius 1 is 1.19 bits per heavy atom. The van der Waals surface area contributed by atoms with Gasteiger partial charge in [0, 0.05) is 37.0 Å². The summed E-state index contributed by atoms with van der Waals surface area (Å²) in [6.07, 6.45) is -1.68. The van der Waals surface area contributed by atoms with Crippen molar-refractivity contribution in [2.75, 3.05) is 6.54 Å². The lowest BCUT2D eigenvalue weighted by Gasteiger charge is -2.23. The number of hydrogen-bond donors (Lipinski definition) is 0. The zero-order valence-corrected chi connectivity index (χ0v) is 18.5. The van der Waals surface area contributed by atoms with Gasteiger partial charge in [-0.3, -0.25) is 9.48 Å². The van der Waals surface area contributed by atoms with Crippen molar-refractivity contribution in [1.82, 2.24) is 29.3 Å². The van der Waals surface area contributed by atoms with Crippen LogP contribution in [0, 0.1) is 13.8 Å². The van der Waals surface area contributed by atoms with Crippen LogP contribution in [0.3, 0.4) is 0 Å². The fraction of sp³-hybridized carbons (Fsp3) is 0.545. The first kappa shape index (κ1) is 22.3. The van der Waals surface area contributed by atoms with E-state index in [-0.39, 0.29) is 17.6 Å². The molecule has 0 N–H and O–H groups in total. The molecule has 1 atom stereocenters. The average Bonchev–Trinajstić information content (AvgIpc) is 3.44. The lowest BCUT2D eigenvalue weighted by atomic mass is 10.1. The third kappa shape index (κ3) is 4.35. The lowest BCUT2D eigenvalue weighted by molar-refractivity contribution is -0.142. The van der Waals surface area contributed by atoms with Gasteiger partial charge in [0.1, 0.15) is 5.69 Å². The van der Waals surface area contributed by atoms with Gasteiger partial charge in [-0.2, -0.15) is 23.4 Å². The number of aromatic nitrogens is 5. The molecule has 1 aliphatic heterocycles. The number of alkyl halides is 3. The Bertz CT molecular complexity index is 1130. The van der Waals surface area contributed by atoms with E-state index in [4.69, 9.17) is 0 Å². The maximum Gasteiger partial charge on any atom is 0.433 e. The normalized spacial score (nSPS) is 16.9. The van der Waals surface area contributed by atoms with E-state index in [1.165, 1.54) is 0 Å². The van der Waals surface area contributed by atoms with Gasteiger partial charge in [-0.25, -0.2) is 9.50 Å². The summed E-state index contributed by atoms with van der Waals surface area (Å²) >= 11 is 0. The van der Waals surface area contributed by atoms with E-state index in [1.807, 2.05) is 24.6 Å². The summed E-state index contributed by atoms with van der Waals surface area (Å²) in [4.78, 5) is 19.0. The van der Waals surface area contributed by atoms with Gasteiger partial charge >= 0.3 is 6.18 Å². The Balaban J connectivity index is 1.52. The molecule has 0 spiro atoms. The fourth-order valence-corrected chi connectivity index (χ4v) is 4.39. The molecule has 172 valence electrons. The van der Waals surface area contributed by atoms with Crippen LogP contribution in [-0.2, 0) is 23.9 Å². The molecule has 0 radical (unpaired) electrons. The van der Waals surface area contributed by atoms with Gasteiger partial charge in [0.05, 0.1) is 17.4 Å². The number of carbonyl (C=O) groups excluding carboxylic acids is 1. The van der Waals surface area contributed by atoms with Gasteiger partial charge in [0.15, 0.2) is 5.65 Å². The molecule has 0 saturated carbocycles. The zero-order valence-electron chi connectivity index (χ0n) is 18.5. The number of carbonyl (C=O) groups is 1. The number of amides is 1. The van der Waals surface area contributed by atoms with Crippen LogP contribution in [0.25, 0.3) is 5.65 Å². The van der Waals surface area contributed by atoms with Crippen LogP contribution in [0.15, 0.2) is 18.2 Å². The highest BCUT2D eigenvalue weighted by Gasteiger charge is 2.37. The topological polar surface area (TPSA) is 68.3 Å². The third-order valence-electron chi connectivity index (χ3n) is 5.93. The van der Waals surface area contributed by atoms with Crippen LogP contribution < -0.4 is 0 Å². The summed E-state index contributed by atoms with van der Waals surface area (Å²) in [5.74, 6) is -0.00987. The standard InChI is InChI=1S/C22H27F3N6O/c1-4-16-12-19(22(23,24)25)31-20(26-16)13-17(28-31)18-7-5-9-29(18)21(32)8-6-10-30-15(3)11-14(2)27-30/h11-13,18H,4-10H2,1-3H3/t18-/m0/s1. The van der Waals surface area contributed by atoms with Crippen molar-refractivity contribution in [3.63, 3.8) is 0 Å². The summed E-state index contributed by atoms with van der Waals surface area (Å²) in [7, 11) is 0. The highest BCUT2D eigenvalue weighted by Crippen LogP contribution is 2.34. The first-order valence-electron chi connectivity index (χ1n) is 10.9. The Kier molecular flexibility index (Phi) is 5.96. The van der Waals surface area contributed by atoms with E-state index in [0.717, 1.165) is 28.4 Å². The van der Waals surface area contributed by atoms with Gasteiger partial charge in [-0.05, 0) is 51.7 Å². The number of aryl methyl sites for hydroxylation is 4. The minimum Gasteiger partial charge on any atom is -0.334 e. The quantitative estimate of drug-likeness (QED) is 0.565. The molecule has 3 aromatic heterocycles. The third-order valence-corrected chi connectivity index (χ3v) is 5.93. The fourth-order valence-electron chi connectivity index (χ4n) is 4.39. The Morgan fingerprint density at radius 3 is 2.62 bits per heavy atom. The second-order valence-electron chi connectivity index (χ2n) is 8.32. The smallest absolute Gasteiger partial charge is 0.334 e. The highest BCUT2D eigenvalue weighted by molar-refractivity contribution is 5.77. The monoisotopic (exact) mass is 448 g/mol. The molecule has 32 heavy (non-hydrogen) atoms. The predicted octanol–water partition coefficient (Wildman–Crippen LogP) is 4.27. The van der Waals surface area contributed by atoms with Crippen LogP contribution in [-0.4, -0.2) is 41.7 Å². The molecule has 3 aromatic rings. The van der Waals surface area contributed by atoms with Crippen molar-refractivity contribution in [3.8, 4) is 0 Å². The molecule has 1 amide bonds. The number of halogens is 3. The van der Waals surface area contributed by atoms with Crippen molar-refractivity contribution >= 4 is 11.6 Å². The van der Waals surface area contributed by atoms with E-state index < -0.39 is 11.9 Å². The van der Waals surface area contributed by atoms with Crippen LogP contribution in [0.1, 0.15) is 67.1 Å². The van der Waals surface area contributed by atoms with Crippen LogP contribution >= 0.6 is 0 Å². The SMILES string of the molecule is CCc1cc(C(F)(F)F)n2nc([C@@H]3CCCN3C(=O)CCCn3nc(C)cc3C)cc2n1. The number of fused-ring (bicyclic) bond motifs is 1. The largest absolute Gasteiger partial charge is 0.433 e.